The summed E-state index contributed by atoms with van der Waals surface area (Å²) < 4.78 is 32.8. The topological polar surface area (TPSA) is 83.9 Å². The van der Waals surface area contributed by atoms with E-state index in [-0.39, 0.29) is 21.4 Å². The van der Waals surface area contributed by atoms with Crippen molar-refractivity contribution in [3.8, 4) is 0 Å². The summed E-state index contributed by atoms with van der Waals surface area (Å²) in [6.07, 6.45) is 6.50. The van der Waals surface area contributed by atoms with Gasteiger partial charge in [0, 0.05) is 12.2 Å². The summed E-state index contributed by atoms with van der Waals surface area (Å²) >= 11 is 3.69. The molecule has 1 N–H and O–H groups in total. The normalized spacial score (nSPS) is 27.6. The van der Waals surface area contributed by atoms with Gasteiger partial charge in [-0.15, -0.1) is 0 Å². The van der Waals surface area contributed by atoms with E-state index in [0.717, 1.165) is 24.9 Å². The lowest BCUT2D eigenvalue weighted by Gasteiger charge is -2.40. The molecule has 1 aliphatic carbocycles. The molecule has 1 heterocycles. The Morgan fingerprint density at radius 2 is 2.00 bits per heavy atom. The number of hydrogen-bond donors (Lipinski definition) is 1. The number of carbonyl (C=O) groups is 1. The Bertz CT molecular complexity index is 959. The highest BCUT2D eigenvalue weighted by Gasteiger charge is 2.45. The number of alkyl halides is 1. The van der Waals surface area contributed by atoms with Gasteiger partial charge in [0.2, 0.25) is 0 Å². The summed E-state index contributed by atoms with van der Waals surface area (Å²) in [5.41, 5.74) is 0.534. The SMILES string of the molecule is CCCCC1(OCC(=O)O)C=C2C(=CC1Br)N(c1ccccc1)CC(CC)CS2(=O)=O. The fourth-order valence-electron chi connectivity index (χ4n) is 4.17. The first-order chi connectivity index (χ1) is 14.7. The van der Waals surface area contributed by atoms with E-state index in [4.69, 9.17) is 4.74 Å². The van der Waals surface area contributed by atoms with Gasteiger partial charge in [0.15, 0.2) is 9.84 Å². The number of aliphatic carboxylic acids is 1. The summed E-state index contributed by atoms with van der Waals surface area (Å²) in [5, 5.41) is 9.20. The minimum atomic E-state index is -3.58. The molecule has 1 fully saturated rings. The van der Waals surface area contributed by atoms with Gasteiger partial charge in [0.05, 0.1) is 21.2 Å². The van der Waals surface area contributed by atoms with Crippen molar-refractivity contribution in [1.82, 2.24) is 0 Å². The molecule has 31 heavy (non-hydrogen) atoms. The number of sulfone groups is 1. The van der Waals surface area contributed by atoms with E-state index in [0.29, 0.717) is 18.7 Å². The number of para-hydroxylation sites is 1. The van der Waals surface area contributed by atoms with Crippen LogP contribution in [0.25, 0.3) is 0 Å². The molecule has 0 spiro atoms. The monoisotopic (exact) mass is 511 g/mol. The minimum absolute atomic E-state index is 0.0173. The first-order valence-corrected chi connectivity index (χ1v) is 13.3. The van der Waals surface area contributed by atoms with E-state index in [1.54, 1.807) is 6.08 Å². The van der Waals surface area contributed by atoms with E-state index in [1.807, 2.05) is 50.3 Å². The number of ether oxygens (including phenoxy) is 1. The second-order valence-electron chi connectivity index (χ2n) is 8.21. The van der Waals surface area contributed by atoms with Crippen LogP contribution in [0.2, 0.25) is 0 Å². The zero-order chi connectivity index (χ0) is 22.6. The average Bonchev–Trinajstić information content (AvgIpc) is 2.85. The van der Waals surface area contributed by atoms with Crippen molar-refractivity contribution in [3.05, 3.63) is 53.1 Å². The number of carboxylic acids is 1. The van der Waals surface area contributed by atoms with Crippen LogP contribution in [-0.2, 0) is 19.4 Å². The molecule has 3 rings (SSSR count). The molecule has 6 nitrogen and oxygen atoms in total. The van der Waals surface area contributed by atoms with Gasteiger partial charge in [0.25, 0.3) is 0 Å². The Labute approximate surface area is 193 Å². The molecule has 3 unspecified atom stereocenters. The molecule has 0 amide bonds. The molecule has 1 aliphatic heterocycles. The summed E-state index contributed by atoms with van der Waals surface area (Å²) in [5.74, 6) is -1.04. The molecule has 1 aromatic rings. The molecular weight excluding hydrogens is 482 g/mol. The molecule has 0 saturated carbocycles. The first-order valence-electron chi connectivity index (χ1n) is 10.7. The molecule has 0 aromatic heterocycles. The molecule has 1 aromatic carbocycles. The van der Waals surface area contributed by atoms with E-state index in [2.05, 4.69) is 20.8 Å². The van der Waals surface area contributed by atoms with Crippen LogP contribution >= 0.6 is 15.9 Å². The Balaban J connectivity index is 2.15. The van der Waals surface area contributed by atoms with Crippen molar-refractivity contribution in [3.63, 3.8) is 0 Å². The fourth-order valence-corrected chi connectivity index (χ4v) is 6.93. The molecule has 1 saturated heterocycles. The Morgan fingerprint density at radius 1 is 1.29 bits per heavy atom. The van der Waals surface area contributed by atoms with Crippen LogP contribution in [0.5, 0.6) is 0 Å². The predicted octanol–water partition coefficient (Wildman–Crippen LogP) is 4.52. The summed E-state index contributed by atoms with van der Waals surface area (Å²) in [4.78, 5) is 13.2. The first kappa shape index (κ1) is 24.0. The number of nitrogens with zero attached hydrogens (tertiary/aromatic N) is 1. The molecule has 8 heteroatoms. The second kappa shape index (κ2) is 9.88. The van der Waals surface area contributed by atoms with Crippen LogP contribution in [0, 0.1) is 5.92 Å². The number of benzene rings is 1. The zero-order valence-electron chi connectivity index (χ0n) is 18.0. The van der Waals surface area contributed by atoms with Crippen molar-refractivity contribution < 1.29 is 23.1 Å². The van der Waals surface area contributed by atoms with Gasteiger partial charge >= 0.3 is 5.97 Å². The van der Waals surface area contributed by atoms with Gasteiger partial charge in [-0.25, -0.2) is 13.2 Å². The van der Waals surface area contributed by atoms with Gasteiger partial charge in [0.1, 0.15) is 12.2 Å². The van der Waals surface area contributed by atoms with E-state index in [1.165, 1.54) is 0 Å². The number of halogens is 1. The Morgan fingerprint density at radius 3 is 2.61 bits per heavy atom. The molecule has 170 valence electrons. The maximum atomic E-state index is 13.5. The van der Waals surface area contributed by atoms with Crippen molar-refractivity contribution in [2.24, 2.45) is 5.92 Å². The van der Waals surface area contributed by atoms with Crippen LogP contribution in [0.15, 0.2) is 53.1 Å². The number of anilines is 1. The van der Waals surface area contributed by atoms with E-state index < -0.39 is 28.0 Å². The minimum Gasteiger partial charge on any atom is -0.480 e. The second-order valence-corrected chi connectivity index (χ2v) is 11.2. The van der Waals surface area contributed by atoms with Crippen molar-refractivity contribution >= 4 is 37.4 Å². The highest BCUT2D eigenvalue weighted by atomic mass is 79.9. The van der Waals surface area contributed by atoms with Gasteiger partial charge in [-0.3, -0.25) is 0 Å². The Kier molecular flexibility index (Phi) is 7.65. The molecule has 0 radical (unpaired) electrons. The van der Waals surface area contributed by atoms with E-state index >= 15 is 0 Å². The lowest BCUT2D eigenvalue weighted by atomic mass is 9.87. The summed E-state index contributed by atoms with van der Waals surface area (Å²) in [6, 6.07) is 9.77. The number of carboxylic acid groups (broad SMARTS) is 1. The summed E-state index contributed by atoms with van der Waals surface area (Å²) in [7, 11) is -3.58. The average molecular weight is 512 g/mol. The van der Waals surface area contributed by atoms with Crippen LogP contribution in [0.3, 0.4) is 0 Å². The van der Waals surface area contributed by atoms with Crippen molar-refractivity contribution in [2.45, 2.75) is 50.0 Å². The third-order valence-corrected chi connectivity index (χ3v) is 8.90. The largest absolute Gasteiger partial charge is 0.480 e. The lowest BCUT2D eigenvalue weighted by molar-refractivity contribution is -0.147. The summed E-state index contributed by atoms with van der Waals surface area (Å²) in [6.45, 7) is 4.16. The third kappa shape index (κ3) is 5.23. The molecule has 3 atom stereocenters. The quantitative estimate of drug-likeness (QED) is 0.516. The number of fused-ring (bicyclic) bond motifs is 1. The number of rotatable bonds is 8. The smallest absolute Gasteiger partial charge is 0.329 e. The zero-order valence-corrected chi connectivity index (χ0v) is 20.4. The highest BCUT2D eigenvalue weighted by Crippen LogP contribution is 2.43. The lowest BCUT2D eigenvalue weighted by Crippen LogP contribution is -2.44. The molecular formula is C23H30BrNO5S. The predicted molar refractivity (Wildman–Crippen MR) is 126 cm³/mol. The van der Waals surface area contributed by atoms with Crippen molar-refractivity contribution in [2.75, 3.05) is 23.8 Å². The molecule has 2 aliphatic rings. The fraction of sp³-hybridized carbons (Fsp3) is 0.522. The van der Waals surface area contributed by atoms with Gasteiger partial charge in [-0.2, -0.15) is 0 Å². The third-order valence-electron chi connectivity index (χ3n) is 5.95. The Hall–Kier alpha value is -1.64. The van der Waals surface area contributed by atoms with Crippen LogP contribution in [0.1, 0.15) is 39.5 Å². The van der Waals surface area contributed by atoms with Gasteiger partial charge < -0.3 is 14.7 Å². The van der Waals surface area contributed by atoms with Gasteiger partial charge in [-0.05, 0) is 36.6 Å². The molecule has 0 bridgehead atoms. The van der Waals surface area contributed by atoms with Crippen LogP contribution in [-0.4, -0.2) is 48.8 Å². The highest BCUT2D eigenvalue weighted by molar-refractivity contribution is 9.09. The maximum Gasteiger partial charge on any atom is 0.329 e. The van der Waals surface area contributed by atoms with E-state index in [9.17, 15) is 18.3 Å². The number of unbranched alkanes of at least 4 members (excludes halogenated alkanes) is 1. The van der Waals surface area contributed by atoms with Crippen LogP contribution < -0.4 is 4.90 Å². The van der Waals surface area contributed by atoms with Crippen LogP contribution in [0.4, 0.5) is 5.69 Å². The van der Waals surface area contributed by atoms with Gasteiger partial charge in [-0.1, -0.05) is 67.2 Å². The van der Waals surface area contributed by atoms with Crippen molar-refractivity contribution in [1.29, 1.82) is 0 Å². The number of hydrogen-bond acceptors (Lipinski definition) is 5. The maximum absolute atomic E-state index is 13.5. The standard InChI is InChI=1S/C23H30BrNO5S/c1-3-5-11-23(30-15-22(26)27)13-20-19(12-21(23)24)25(18-9-7-6-8-10-18)14-17(4-2)16-31(20,28)29/h6-10,12-13,17,21H,3-5,11,14-16H2,1-2H3,(H,26,27).